The molecule has 12 heteroatoms. The molecule has 11 nitrogen and oxygen atoms in total. The zero-order valence-corrected chi connectivity index (χ0v) is 23.3. The Morgan fingerprint density at radius 3 is 2.23 bits per heavy atom. The molecule has 1 aliphatic heterocycles. The van der Waals surface area contributed by atoms with Crippen LogP contribution in [0.25, 0.3) is 0 Å². The Balaban J connectivity index is 1.75. The minimum absolute atomic E-state index is 0.0594. The fraction of sp³-hybridized carbons (Fsp3) is 0.464. The Labute approximate surface area is 234 Å². The normalized spacial score (nSPS) is 18.3. The van der Waals surface area contributed by atoms with E-state index in [-0.39, 0.29) is 24.7 Å². The van der Waals surface area contributed by atoms with Gasteiger partial charge >= 0.3 is 6.09 Å². The number of hydrogen-bond acceptors (Lipinski definition) is 7. The zero-order valence-electron chi connectivity index (χ0n) is 22.5. The van der Waals surface area contributed by atoms with Crippen molar-refractivity contribution < 1.29 is 37.2 Å². The molecule has 0 bridgehead atoms. The van der Waals surface area contributed by atoms with Crippen LogP contribution in [0.5, 0.6) is 0 Å². The Morgan fingerprint density at radius 1 is 1.05 bits per heavy atom. The molecular formula is C28H37N3O8S. The number of alkyl carbamates (subject to hydrolysis) is 1. The number of ether oxygens (including phenoxy) is 1. The molecule has 40 heavy (non-hydrogen) atoms. The monoisotopic (exact) mass is 575 g/mol. The number of carbonyl (C=O) groups is 3. The number of nitrogens with one attached hydrogen (secondary N) is 3. The number of rotatable bonds is 13. The van der Waals surface area contributed by atoms with Gasteiger partial charge in [0.2, 0.25) is 17.3 Å². The maximum Gasteiger partial charge on any atom is 0.408 e. The molecule has 0 saturated carbocycles. The highest BCUT2D eigenvalue weighted by molar-refractivity contribution is 7.86. The van der Waals surface area contributed by atoms with E-state index in [1.165, 1.54) is 0 Å². The molecule has 1 fully saturated rings. The average Bonchev–Trinajstić information content (AvgIpc) is 3.31. The number of amides is 3. The molecule has 3 rings (SSSR count). The molecule has 5 unspecified atom stereocenters. The third-order valence-corrected chi connectivity index (χ3v) is 7.62. The summed E-state index contributed by atoms with van der Waals surface area (Å²) in [6, 6.07) is 16.0. The highest BCUT2D eigenvalue weighted by Gasteiger charge is 2.38. The fourth-order valence-electron chi connectivity index (χ4n) is 4.65. The zero-order chi connectivity index (χ0) is 29.3. The lowest BCUT2D eigenvalue weighted by atomic mass is 9.97. The summed E-state index contributed by atoms with van der Waals surface area (Å²) in [5, 5.41) is 17.9. The van der Waals surface area contributed by atoms with Crippen LogP contribution in [-0.2, 0) is 30.9 Å². The first kappa shape index (κ1) is 31.1. The molecular weight excluding hydrogens is 538 g/mol. The maximum atomic E-state index is 13.3. The standard InChI is InChI=1S/C28H37N3O8S/c1-18(2)15-22(26(33)30-23(27(34)40(36,37)38)17-21-13-14-29-25(21)32)31-28(35)39-24(20-11-7-4-8-12-20)16-19-9-5-3-6-10-19/h3-12,18,21-24,27,34H,13-17H2,1-2H3,(H,29,32)(H,30,33)(H,31,35)(H,36,37,38). The van der Waals surface area contributed by atoms with Crippen LogP contribution >= 0.6 is 0 Å². The smallest absolute Gasteiger partial charge is 0.408 e. The molecule has 5 atom stereocenters. The van der Waals surface area contributed by atoms with Gasteiger partial charge in [0.1, 0.15) is 12.1 Å². The van der Waals surface area contributed by atoms with E-state index in [9.17, 15) is 32.5 Å². The second-order valence-corrected chi connectivity index (χ2v) is 11.9. The van der Waals surface area contributed by atoms with E-state index in [1.807, 2.05) is 74.5 Å². The SMILES string of the molecule is CC(C)CC(NC(=O)OC(Cc1ccccc1)c1ccccc1)C(=O)NC(CC1CCNC1=O)C(O)S(=O)(=O)O. The lowest BCUT2D eigenvalue weighted by Gasteiger charge is -2.28. The van der Waals surface area contributed by atoms with Crippen LogP contribution < -0.4 is 16.0 Å². The second-order valence-electron chi connectivity index (χ2n) is 10.4. The molecule has 2 aromatic carbocycles. The summed E-state index contributed by atoms with van der Waals surface area (Å²) in [5.74, 6) is -1.84. The van der Waals surface area contributed by atoms with Gasteiger partial charge in [0, 0.05) is 18.9 Å². The van der Waals surface area contributed by atoms with Crippen molar-refractivity contribution in [2.24, 2.45) is 11.8 Å². The number of aliphatic hydroxyl groups excluding tert-OH is 1. The van der Waals surface area contributed by atoms with E-state index in [2.05, 4.69) is 16.0 Å². The lowest BCUT2D eigenvalue weighted by molar-refractivity contribution is -0.126. The minimum atomic E-state index is -4.96. The number of carbonyl (C=O) groups excluding carboxylic acids is 3. The summed E-state index contributed by atoms with van der Waals surface area (Å²) in [5.41, 5.74) is -0.652. The fourth-order valence-corrected chi connectivity index (χ4v) is 5.24. The lowest BCUT2D eigenvalue weighted by Crippen LogP contribution is -2.55. The second kappa shape index (κ2) is 14.2. The largest absolute Gasteiger partial charge is 0.441 e. The maximum absolute atomic E-state index is 13.3. The van der Waals surface area contributed by atoms with Crippen LogP contribution in [0.15, 0.2) is 60.7 Å². The minimum Gasteiger partial charge on any atom is -0.441 e. The molecule has 0 spiro atoms. The van der Waals surface area contributed by atoms with Crippen molar-refractivity contribution in [1.82, 2.24) is 16.0 Å². The summed E-state index contributed by atoms with van der Waals surface area (Å²) in [6.07, 6.45) is -0.774. The first-order chi connectivity index (χ1) is 18.9. The molecule has 0 aliphatic carbocycles. The van der Waals surface area contributed by atoms with Crippen LogP contribution in [0.1, 0.15) is 50.3 Å². The Bertz CT molecular complexity index is 1240. The van der Waals surface area contributed by atoms with Crippen LogP contribution in [-0.4, -0.2) is 60.0 Å². The van der Waals surface area contributed by atoms with Gasteiger partial charge in [0.15, 0.2) is 0 Å². The third kappa shape index (κ3) is 9.32. The third-order valence-electron chi connectivity index (χ3n) is 6.68. The van der Waals surface area contributed by atoms with E-state index < -0.39 is 51.7 Å². The molecule has 5 N–H and O–H groups in total. The van der Waals surface area contributed by atoms with E-state index in [0.29, 0.717) is 19.4 Å². The predicted octanol–water partition coefficient (Wildman–Crippen LogP) is 2.33. The molecule has 1 aliphatic rings. The van der Waals surface area contributed by atoms with Crippen molar-refractivity contribution in [3.63, 3.8) is 0 Å². The predicted molar refractivity (Wildman–Crippen MR) is 147 cm³/mol. The molecule has 2 aromatic rings. The first-order valence-corrected chi connectivity index (χ1v) is 14.7. The van der Waals surface area contributed by atoms with Gasteiger partial charge in [-0.3, -0.25) is 14.1 Å². The topological polar surface area (TPSA) is 171 Å². The first-order valence-electron chi connectivity index (χ1n) is 13.2. The Morgan fingerprint density at radius 2 is 1.68 bits per heavy atom. The molecule has 0 aromatic heterocycles. The van der Waals surface area contributed by atoms with E-state index in [1.54, 1.807) is 0 Å². The van der Waals surface area contributed by atoms with Gasteiger partial charge in [-0.2, -0.15) is 8.42 Å². The number of aliphatic hydroxyl groups is 1. The quantitative estimate of drug-likeness (QED) is 0.227. The van der Waals surface area contributed by atoms with Gasteiger partial charge in [0.05, 0.1) is 6.04 Å². The van der Waals surface area contributed by atoms with E-state index in [0.717, 1.165) is 11.1 Å². The van der Waals surface area contributed by atoms with Crippen molar-refractivity contribution >= 4 is 28.0 Å². The van der Waals surface area contributed by atoms with Crippen molar-refractivity contribution in [2.75, 3.05) is 6.54 Å². The molecule has 1 saturated heterocycles. The summed E-state index contributed by atoms with van der Waals surface area (Å²) in [4.78, 5) is 38.4. The number of hydrogen-bond donors (Lipinski definition) is 5. The van der Waals surface area contributed by atoms with Crippen molar-refractivity contribution in [3.05, 3.63) is 71.8 Å². The van der Waals surface area contributed by atoms with Crippen molar-refractivity contribution in [2.45, 2.75) is 63.2 Å². The highest BCUT2D eigenvalue weighted by Crippen LogP contribution is 2.23. The van der Waals surface area contributed by atoms with E-state index in [4.69, 9.17) is 4.74 Å². The number of benzene rings is 2. The molecule has 218 valence electrons. The summed E-state index contributed by atoms with van der Waals surface area (Å²) in [7, 11) is -4.96. The summed E-state index contributed by atoms with van der Waals surface area (Å²) in [6.45, 7) is 4.05. The van der Waals surface area contributed by atoms with Crippen molar-refractivity contribution in [1.29, 1.82) is 0 Å². The van der Waals surface area contributed by atoms with Gasteiger partial charge in [-0.25, -0.2) is 4.79 Å². The van der Waals surface area contributed by atoms with Gasteiger partial charge in [0.25, 0.3) is 10.1 Å². The Kier molecular flexibility index (Phi) is 11.1. The molecule has 0 radical (unpaired) electrons. The van der Waals surface area contributed by atoms with Crippen LogP contribution in [0.3, 0.4) is 0 Å². The van der Waals surface area contributed by atoms with Crippen molar-refractivity contribution in [3.8, 4) is 0 Å². The highest BCUT2D eigenvalue weighted by atomic mass is 32.2. The summed E-state index contributed by atoms with van der Waals surface area (Å²) < 4.78 is 38.6. The van der Waals surface area contributed by atoms with Gasteiger partial charge in [-0.1, -0.05) is 74.5 Å². The van der Waals surface area contributed by atoms with Crippen LogP contribution in [0.2, 0.25) is 0 Å². The van der Waals surface area contributed by atoms with Crippen LogP contribution in [0.4, 0.5) is 4.79 Å². The Hall–Kier alpha value is -3.48. The molecule has 3 amide bonds. The van der Waals surface area contributed by atoms with E-state index >= 15 is 0 Å². The van der Waals surface area contributed by atoms with Crippen LogP contribution in [0, 0.1) is 11.8 Å². The average molecular weight is 576 g/mol. The van der Waals surface area contributed by atoms with Gasteiger partial charge in [-0.05, 0) is 36.3 Å². The van der Waals surface area contributed by atoms with Gasteiger partial charge in [-0.15, -0.1) is 0 Å². The van der Waals surface area contributed by atoms with Gasteiger partial charge < -0.3 is 25.8 Å². The molecule has 1 heterocycles. The summed E-state index contributed by atoms with van der Waals surface area (Å²) >= 11 is 0.